The lowest BCUT2D eigenvalue weighted by Crippen LogP contribution is -2.34. The Bertz CT molecular complexity index is 620. The number of nitrogens with one attached hydrogen (secondary N) is 1. The minimum Gasteiger partial charge on any atom is -0.306 e. The Balaban J connectivity index is 2.23. The number of aromatic nitrogens is 1. The lowest BCUT2D eigenvalue weighted by atomic mass is 10.1. The molecule has 0 aliphatic heterocycles. The van der Waals surface area contributed by atoms with E-state index in [0.29, 0.717) is 22.8 Å². The van der Waals surface area contributed by atoms with Gasteiger partial charge >= 0.3 is 0 Å². The van der Waals surface area contributed by atoms with Crippen molar-refractivity contribution in [3.8, 4) is 11.3 Å². The molecule has 0 spiro atoms. The minimum atomic E-state index is -0.492. The molecule has 1 aromatic carbocycles. The first-order valence-electron chi connectivity index (χ1n) is 6.10. The van der Waals surface area contributed by atoms with Crippen molar-refractivity contribution in [2.75, 3.05) is 0 Å². The number of hydrogen-bond donors (Lipinski definition) is 1. The van der Waals surface area contributed by atoms with Gasteiger partial charge in [0.2, 0.25) is 0 Å². The van der Waals surface area contributed by atoms with Gasteiger partial charge in [-0.25, -0.2) is 9.37 Å². The molecular formula is C14H15Cl2FN2S. The smallest absolute Gasteiger partial charge is 0.142 e. The van der Waals surface area contributed by atoms with E-state index in [-0.39, 0.29) is 10.6 Å². The molecule has 0 saturated carbocycles. The Kier molecular flexibility index (Phi) is 4.69. The van der Waals surface area contributed by atoms with Gasteiger partial charge in [-0.1, -0.05) is 23.2 Å². The van der Waals surface area contributed by atoms with Crippen molar-refractivity contribution in [3.05, 3.63) is 38.4 Å². The van der Waals surface area contributed by atoms with Gasteiger partial charge in [0.25, 0.3) is 0 Å². The van der Waals surface area contributed by atoms with E-state index >= 15 is 0 Å². The Hall–Kier alpha value is -0.680. The highest BCUT2D eigenvalue weighted by atomic mass is 35.5. The number of rotatable bonds is 3. The SMILES string of the molecule is CC(C)(C)NCc1nc(-c2cc(F)c(Cl)cc2Cl)cs1. The second-order valence-corrected chi connectivity index (χ2v) is 7.23. The Labute approximate surface area is 131 Å². The van der Waals surface area contributed by atoms with Crippen LogP contribution in [0.15, 0.2) is 17.5 Å². The maximum atomic E-state index is 13.5. The lowest BCUT2D eigenvalue weighted by molar-refractivity contribution is 0.424. The summed E-state index contributed by atoms with van der Waals surface area (Å²) >= 11 is 13.3. The molecule has 0 aliphatic rings. The van der Waals surface area contributed by atoms with Crippen molar-refractivity contribution in [3.63, 3.8) is 0 Å². The zero-order chi connectivity index (χ0) is 14.9. The fourth-order valence-corrected chi connectivity index (χ4v) is 2.79. The van der Waals surface area contributed by atoms with Gasteiger partial charge in [0.05, 0.1) is 15.7 Å². The molecule has 20 heavy (non-hydrogen) atoms. The van der Waals surface area contributed by atoms with Crippen molar-refractivity contribution in [1.82, 2.24) is 10.3 Å². The molecule has 0 unspecified atom stereocenters. The van der Waals surface area contributed by atoms with Crippen molar-refractivity contribution < 1.29 is 4.39 Å². The summed E-state index contributed by atoms with van der Waals surface area (Å²) in [5, 5.41) is 6.58. The molecule has 6 heteroatoms. The van der Waals surface area contributed by atoms with Crippen molar-refractivity contribution >= 4 is 34.5 Å². The van der Waals surface area contributed by atoms with Crippen LogP contribution < -0.4 is 5.32 Å². The third-order valence-electron chi connectivity index (χ3n) is 2.61. The highest BCUT2D eigenvalue weighted by molar-refractivity contribution is 7.09. The van der Waals surface area contributed by atoms with Crippen LogP contribution >= 0.6 is 34.5 Å². The molecule has 0 saturated heterocycles. The predicted octanol–water partition coefficient (Wildman–Crippen LogP) is 5.14. The summed E-state index contributed by atoms with van der Waals surface area (Å²) in [7, 11) is 0. The first-order valence-corrected chi connectivity index (χ1v) is 7.74. The van der Waals surface area contributed by atoms with Crippen LogP contribution in [-0.2, 0) is 6.54 Å². The molecule has 1 heterocycles. The van der Waals surface area contributed by atoms with Gasteiger partial charge in [-0.15, -0.1) is 11.3 Å². The first kappa shape index (κ1) is 15.7. The van der Waals surface area contributed by atoms with Gasteiger partial charge in [0.1, 0.15) is 10.8 Å². The van der Waals surface area contributed by atoms with E-state index < -0.39 is 5.82 Å². The second kappa shape index (κ2) is 5.98. The van der Waals surface area contributed by atoms with E-state index in [9.17, 15) is 4.39 Å². The maximum Gasteiger partial charge on any atom is 0.142 e. The summed E-state index contributed by atoms with van der Waals surface area (Å²) in [6.07, 6.45) is 0. The van der Waals surface area contributed by atoms with E-state index in [1.54, 1.807) is 0 Å². The average molecular weight is 333 g/mol. The predicted molar refractivity (Wildman–Crippen MR) is 84.1 cm³/mol. The molecule has 0 amide bonds. The van der Waals surface area contributed by atoms with E-state index in [4.69, 9.17) is 23.2 Å². The molecule has 2 rings (SSSR count). The van der Waals surface area contributed by atoms with Gasteiger partial charge in [0.15, 0.2) is 0 Å². The lowest BCUT2D eigenvalue weighted by Gasteiger charge is -2.19. The quantitative estimate of drug-likeness (QED) is 0.786. The van der Waals surface area contributed by atoms with Gasteiger partial charge < -0.3 is 5.32 Å². The molecule has 2 aromatic rings. The first-order chi connectivity index (χ1) is 9.26. The molecule has 0 aliphatic carbocycles. The molecule has 1 N–H and O–H groups in total. The Morgan fingerprint density at radius 1 is 1.25 bits per heavy atom. The molecule has 1 aromatic heterocycles. The summed E-state index contributed by atoms with van der Waals surface area (Å²) in [4.78, 5) is 4.48. The number of halogens is 3. The van der Waals surface area contributed by atoms with Crippen LogP contribution in [0.25, 0.3) is 11.3 Å². The van der Waals surface area contributed by atoms with Gasteiger partial charge in [0, 0.05) is 23.0 Å². The highest BCUT2D eigenvalue weighted by Crippen LogP contribution is 2.32. The molecule has 0 atom stereocenters. The molecule has 0 bridgehead atoms. The average Bonchev–Trinajstić information content (AvgIpc) is 2.79. The second-order valence-electron chi connectivity index (χ2n) is 5.48. The fraction of sp³-hybridized carbons (Fsp3) is 0.357. The third kappa shape index (κ3) is 3.92. The number of hydrogen-bond acceptors (Lipinski definition) is 3. The standard InChI is InChI=1S/C14H15Cl2FN2S/c1-14(2,3)18-6-13-19-12(7-20-13)8-4-11(17)10(16)5-9(8)15/h4-5,7,18H,6H2,1-3H3. The van der Waals surface area contributed by atoms with E-state index in [0.717, 1.165) is 5.01 Å². The topological polar surface area (TPSA) is 24.9 Å². The molecular weight excluding hydrogens is 318 g/mol. The zero-order valence-electron chi connectivity index (χ0n) is 11.4. The monoisotopic (exact) mass is 332 g/mol. The summed E-state index contributed by atoms with van der Waals surface area (Å²) in [6.45, 7) is 6.94. The van der Waals surface area contributed by atoms with Gasteiger partial charge in [-0.3, -0.25) is 0 Å². The Morgan fingerprint density at radius 2 is 1.95 bits per heavy atom. The summed E-state index contributed by atoms with van der Waals surface area (Å²) < 4.78 is 13.5. The number of nitrogens with zero attached hydrogens (tertiary/aromatic N) is 1. The third-order valence-corrected chi connectivity index (χ3v) is 4.06. The van der Waals surface area contributed by atoms with Crippen molar-refractivity contribution in [2.45, 2.75) is 32.9 Å². The fourth-order valence-electron chi connectivity index (χ4n) is 1.58. The van der Waals surface area contributed by atoms with E-state index in [1.165, 1.54) is 23.5 Å². The van der Waals surface area contributed by atoms with Crippen LogP contribution in [0.5, 0.6) is 0 Å². The normalized spacial score (nSPS) is 11.9. The van der Waals surface area contributed by atoms with Crippen molar-refractivity contribution in [2.24, 2.45) is 0 Å². The van der Waals surface area contributed by atoms with E-state index in [1.807, 2.05) is 5.38 Å². The largest absolute Gasteiger partial charge is 0.306 e. The number of thiazole rings is 1. The summed E-state index contributed by atoms with van der Waals surface area (Å²) in [5.74, 6) is -0.492. The molecule has 0 radical (unpaired) electrons. The molecule has 0 fully saturated rings. The zero-order valence-corrected chi connectivity index (χ0v) is 13.8. The van der Waals surface area contributed by atoms with Gasteiger partial charge in [-0.05, 0) is 32.9 Å². The Morgan fingerprint density at radius 3 is 2.60 bits per heavy atom. The summed E-state index contributed by atoms with van der Waals surface area (Å²) in [6, 6.07) is 2.72. The van der Waals surface area contributed by atoms with Gasteiger partial charge in [-0.2, -0.15) is 0 Å². The van der Waals surface area contributed by atoms with Crippen LogP contribution in [-0.4, -0.2) is 10.5 Å². The maximum absolute atomic E-state index is 13.5. The van der Waals surface area contributed by atoms with Crippen LogP contribution in [0.3, 0.4) is 0 Å². The van der Waals surface area contributed by atoms with Crippen LogP contribution in [0.1, 0.15) is 25.8 Å². The van der Waals surface area contributed by atoms with Crippen LogP contribution in [0, 0.1) is 5.82 Å². The molecule has 108 valence electrons. The van der Waals surface area contributed by atoms with Crippen molar-refractivity contribution in [1.29, 1.82) is 0 Å². The van der Waals surface area contributed by atoms with Crippen LogP contribution in [0.4, 0.5) is 4.39 Å². The highest BCUT2D eigenvalue weighted by Gasteiger charge is 2.14. The van der Waals surface area contributed by atoms with E-state index in [2.05, 4.69) is 31.1 Å². The summed E-state index contributed by atoms with van der Waals surface area (Å²) in [5.41, 5.74) is 1.25. The number of benzene rings is 1. The molecule has 2 nitrogen and oxygen atoms in total. The minimum absolute atomic E-state index is 0.0172. The van der Waals surface area contributed by atoms with Crippen LogP contribution in [0.2, 0.25) is 10.0 Å².